The van der Waals surface area contributed by atoms with E-state index in [2.05, 4.69) is 10.6 Å². The molecule has 0 spiro atoms. The zero-order valence-corrected chi connectivity index (χ0v) is 21.7. The Hall–Kier alpha value is -3.61. The van der Waals surface area contributed by atoms with E-state index in [-0.39, 0.29) is 13.1 Å². The van der Waals surface area contributed by atoms with Gasteiger partial charge in [0.25, 0.3) is 5.91 Å². The Morgan fingerprint density at radius 1 is 1.08 bits per heavy atom. The van der Waals surface area contributed by atoms with Gasteiger partial charge in [-0.2, -0.15) is 0 Å². The van der Waals surface area contributed by atoms with Gasteiger partial charge in [-0.1, -0.05) is 30.3 Å². The minimum absolute atomic E-state index is 0.0240. The minimum atomic E-state index is -1.28. The van der Waals surface area contributed by atoms with Crippen LogP contribution < -0.4 is 10.6 Å². The maximum absolute atomic E-state index is 13.5. The molecule has 0 saturated carbocycles. The van der Waals surface area contributed by atoms with Crippen LogP contribution in [0.15, 0.2) is 30.3 Å². The van der Waals surface area contributed by atoms with E-state index in [1.54, 1.807) is 58.0 Å². The Morgan fingerprint density at radius 2 is 1.73 bits per heavy atom. The fraction of sp³-hybridized carbons (Fsp3) is 0.500. The summed E-state index contributed by atoms with van der Waals surface area (Å²) < 4.78 is -0.795. The van der Waals surface area contributed by atoms with Gasteiger partial charge in [-0.05, 0) is 33.3 Å². The second-order valence-corrected chi connectivity index (χ2v) is 11.9. The number of carbonyl (C=O) groups is 6. The number of carboxylic acids is 1. The molecule has 13 heteroatoms. The van der Waals surface area contributed by atoms with E-state index in [1.807, 2.05) is 0 Å². The van der Waals surface area contributed by atoms with Crippen molar-refractivity contribution in [1.29, 1.82) is 0 Å². The molecule has 6 amide bonds. The van der Waals surface area contributed by atoms with Gasteiger partial charge in [0.1, 0.15) is 23.0 Å². The van der Waals surface area contributed by atoms with Gasteiger partial charge in [0.2, 0.25) is 5.91 Å². The molecule has 37 heavy (non-hydrogen) atoms. The number of carboxylic acid groups (broad SMARTS) is 1. The average molecular weight is 532 g/mol. The third kappa shape index (κ3) is 4.30. The van der Waals surface area contributed by atoms with Gasteiger partial charge in [-0.3, -0.25) is 24.1 Å². The lowest BCUT2D eigenvalue weighted by atomic mass is 9.89. The van der Waals surface area contributed by atoms with Crippen LogP contribution in [0.5, 0.6) is 0 Å². The van der Waals surface area contributed by atoms with Crippen molar-refractivity contribution in [2.75, 3.05) is 19.6 Å². The van der Waals surface area contributed by atoms with Crippen LogP contribution >= 0.6 is 11.8 Å². The SMILES string of the molecule is CCN1CCN(C(=O)N[C@@H](C(=O)N[C@H]2C(=O)N3[C@H](C(=O)O)C(C)(C)S[C@@]23C)c2ccccc2)C(=O)C1=O. The number of rotatable bonds is 6. The topological polar surface area (TPSA) is 156 Å². The lowest BCUT2D eigenvalue weighted by molar-refractivity contribution is -0.167. The molecule has 3 fully saturated rings. The first kappa shape index (κ1) is 26.5. The molecule has 3 saturated heterocycles. The highest BCUT2D eigenvalue weighted by atomic mass is 32.2. The first-order valence-electron chi connectivity index (χ1n) is 11.9. The van der Waals surface area contributed by atoms with Crippen molar-refractivity contribution in [3.05, 3.63) is 35.9 Å². The van der Waals surface area contributed by atoms with E-state index in [9.17, 15) is 33.9 Å². The molecule has 1 aromatic carbocycles. The summed E-state index contributed by atoms with van der Waals surface area (Å²) in [5, 5.41) is 14.9. The van der Waals surface area contributed by atoms with Gasteiger partial charge < -0.3 is 25.5 Å². The van der Waals surface area contributed by atoms with Gasteiger partial charge in [0.05, 0.1) is 0 Å². The summed E-state index contributed by atoms with van der Waals surface area (Å²) in [6, 6.07) is 4.01. The highest BCUT2D eigenvalue weighted by molar-refractivity contribution is 8.02. The maximum atomic E-state index is 13.5. The van der Waals surface area contributed by atoms with E-state index < -0.39 is 63.4 Å². The highest BCUT2D eigenvalue weighted by Gasteiger charge is 2.71. The molecule has 4 rings (SSSR count). The minimum Gasteiger partial charge on any atom is -0.480 e. The second kappa shape index (κ2) is 9.36. The molecular weight excluding hydrogens is 502 g/mol. The molecular formula is C24H29N5O7S. The van der Waals surface area contributed by atoms with Crippen molar-refractivity contribution in [3.63, 3.8) is 0 Å². The summed E-state index contributed by atoms with van der Waals surface area (Å²) in [6.45, 7) is 7.37. The van der Waals surface area contributed by atoms with E-state index in [0.717, 1.165) is 4.90 Å². The van der Waals surface area contributed by atoms with Crippen molar-refractivity contribution in [1.82, 2.24) is 25.3 Å². The molecule has 4 atom stereocenters. The Labute approximate surface area is 217 Å². The van der Waals surface area contributed by atoms with E-state index in [4.69, 9.17) is 0 Å². The first-order valence-corrected chi connectivity index (χ1v) is 12.7. The van der Waals surface area contributed by atoms with Crippen LogP contribution in [-0.4, -0.2) is 96.8 Å². The molecule has 3 heterocycles. The number of aliphatic carboxylic acids is 1. The molecule has 198 valence electrons. The molecule has 0 bridgehead atoms. The normalized spacial score (nSPS) is 27.4. The average Bonchev–Trinajstić information content (AvgIpc) is 3.05. The molecule has 1 aromatic rings. The number of piperazine rings is 1. The summed E-state index contributed by atoms with van der Waals surface area (Å²) in [7, 11) is 0. The number of likely N-dealkylation sites (N-methyl/N-ethyl adjacent to an activating group) is 1. The number of hydrogen-bond acceptors (Lipinski definition) is 7. The van der Waals surface area contributed by atoms with Gasteiger partial charge >= 0.3 is 23.8 Å². The van der Waals surface area contributed by atoms with Crippen molar-refractivity contribution in [2.24, 2.45) is 0 Å². The van der Waals surface area contributed by atoms with Crippen LogP contribution in [0.3, 0.4) is 0 Å². The summed E-state index contributed by atoms with van der Waals surface area (Å²) in [5.41, 5.74) is 0.399. The number of urea groups is 1. The smallest absolute Gasteiger partial charge is 0.327 e. The Balaban J connectivity index is 1.54. The summed E-state index contributed by atoms with van der Waals surface area (Å²) in [5.74, 6) is -4.15. The van der Waals surface area contributed by atoms with Crippen LogP contribution in [0.25, 0.3) is 0 Å². The lowest BCUT2D eigenvalue weighted by Gasteiger charge is -2.52. The number of β-lactam (4-membered cyclic amide) rings is 1. The Kier molecular flexibility index (Phi) is 6.69. The number of benzene rings is 1. The molecule has 3 aliphatic heterocycles. The van der Waals surface area contributed by atoms with Crippen molar-refractivity contribution < 1.29 is 33.9 Å². The largest absolute Gasteiger partial charge is 0.480 e. The predicted octanol–water partition coefficient (Wildman–Crippen LogP) is 0.150. The molecule has 0 aromatic heterocycles. The van der Waals surface area contributed by atoms with Crippen LogP contribution in [0, 0.1) is 0 Å². The van der Waals surface area contributed by atoms with Crippen molar-refractivity contribution in [3.8, 4) is 0 Å². The molecule has 0 aliphatic carbocycles. The summed E-state index contributed by atoms with van der Waals surface area (Å²) in [6.07, 6.45) is 0. The molecule has 3 aliphatic rings. The quantitative estimate of drug-likeness (QED) is 0.346. The van der Waals surface area contributed by atoms with Gasteiger partial charge in [-0.15, -0.1) is 11.8 Å². The number of hydrogen-bond donors (Lipinski definition) is 3. The molecule has 12 nitrogen and oxygen atoms in total. The number of fused-ring (bicyclic) bond motifs is 1. The van der Waals surface area contributed by atoms with Crippen LogP contribution in [-0.2, 0) is 24.0 Å². The zero-order chi connectivity index (χ0) is 27.3. The van der Waals surface area contributed by atoms with Crippen LogP contribution in [0.4, 0.5) is 4.79 Å². The fourth-order valence-corrected chi connectivity index (χ4v) is 7.15. The zero-order valence-electron chi connectivity index (χ0n) is 20.9. The molecule has 0 radical (unpaired) electrons. The number of amides is 6. The summed E-state index contributed by atoms with van der Waals surface area (Å²) in [4.78, 5) is 78.5. The number of carbonyl (C=O) groups excluding carboxylic acids is 5. The van der Waals surface area contributed by atoms with E-state index in [1.165, 1.54) is 21.6 Å². The van der Waals surface area contributed by atoms with E-state index >= 15 is 0 Å². The maximum Gasteiger partial charge on any atom is 0.327 e. The predicted molar refractivity (Wildman–Crippen MR) is 132 cm³/mol. The number of imide groups is 1. The van der Waals surface area contributed by atoms with Crippen molar-refractivity contribution in [2.45, 2.75) is 55.4 Å². The van der Waals surface area contributed by atoms with Gasteiger partial charge in [0, 0.05) is 24.4 Å². The van der Waals surface area contributed by atoms with E-state index in [0.29, 0.717) is 12.1 Å². The third-order valence-electron chi connectivity index (χ3n) is 7.00. The Bertz CT molecular complexity index is 1180. The standard InChI is InChI=1S/C24H29N5O7S/c1-5-27-11-12-28(20(33)19(27)32)22(36)25-14(13-9-7-6-8-10-13)17(30)26-15-18(31)29-16(21(34)35)23(2,3)37-24(15,29)4/h6-10,14-16H,5,11-12H2,1-4H3,(H,25,36)(H,26,30)(H,34,35)/t14-,15+,16-,24+/m1/s1. The monoisotopic (exact) mass is 531 g/mol. The third-order valence-corrected chi connectivity index (χ3v) is 8.60. The number of nitrogens with zero attached hydrogens (tertiary/aromatic N) is 3. The molecule has 3 N–H and O–H groups in total. The molecule has 0 unspecified atom stereocenters. The number of thioether (sulfide) groups is 1. The van der Waals surface area contributed by atoms with Gasteiger partial charge in [-0.25, -0.2) is 9.59 Å². The number of nitrogens with one attached hydrogen (secondary N) is 2. The van der Waals surface area contributed by atoms with Crippen LogP contribution in [0.1, 0.15) is 39.3 Å². The Morgan fingerprint density at radius 3 is 2.32 bits per heavy atom. The first-order chi connectivity index (χ1) is 17.3. The second-order valence-electron chi connectivity index (χ2n) is 9.79. The van der Waals surface area contributed by atoms with Crippen molar-refractivity contribution >= 4 is 47.4 Å². The highest BCUT2D eigenvalue weighted by Crippen LogP contribution is 2.58. The van der Waals surface area contributed by atoms with Crippen LogP contribution in [0.2, 0.25) is 0 Å². The van der Waals surface area contributed by atoms with Gasteiger partial charge in [0.15, 0.2) is 0 Å². The summed E-state index contributed by atoms with van der Waals surface area (Å²) >= 11 is 1.28. The fourth-order valence-electron chi connectivity index (χ4n) is 5.20. The lowest BCUT2D eigenvalue weighted by Crippen LogP contribution is -2.77.